The van der Waals surface area contributed by atoms with Crippen LogP contribution in [0.2, 0.25) is 5.02 Å². The van der Waals surface area contributed by atoms with Crippen molar-refractivity contribution in [3.63, 3.8) is 0 Å². The Hall–Kier alpha value is -2.66. The Labute approximate surface area is 191 Å². The van der Waals surface area contributed by atoms with Gasteiger partial charge in [-0.05, 0) is 29.8 Å². The van der Waals surface area contributed by atoms with Gasteiger partial charge in [-0.15, -0.1) is 0 Å². The van der Waals surface area contributed by atoms with Crippen molar-refractivity contribution < 1.29 is 27.9 Å². The molecule has 0 spiro atoms. The summed E-state index contributed by atoms with van der Waals surface area (Å²) in [7, 11) is -3.38. The molecule has 11 heteroatoms. The van der Waals surface area contributed by atoms with Crippen LogP contribution in [-0.4, -0.2) is 69.3 Å². The molecular formula is C21H24ClN3O6S. The van der Waals surface area contributed by atoms with Crippen LogP contribution in [0.1, 0.15) is 15.9 Å². The van der Waals surface area contributed by atoms with Crippen LogP contribution >= 0.6 is 11.6 Å². The van der Waals surface area contributed by atoms with Crippen LogP contribution in [0.5, 0.6) is 5.75 Å². The lowest BCUT2D eigenvalue weighted by Gasteiger charge is -2.23. The van der Waals surface area contributed by atoms with Crippen molar-refractivity contribution >= 4 is 39.1 Å². The highest BCUT2D eigenvalue weighted by Gasteiger charge is 2.30. The number of anilines is 1. The summed E-state index contributed by atoms with van der Waals surface area (Å²) in [5, 5.41) is 9.04. The van der Waals surface area contributed by atoms with Gasteiger partial charge >= 0.3 is 0 Å². The van der Waals surface area contributed by atoms with E-state index in [0.717, 1.165) is 11.8 Å². The summed E-state index contributed by atoms with van der Waals surface area (Å²) in [6, 6.07) is 11.7. The molecule has 0 saturated heterocycles. The van der Waals surface area contributed by atoms with Crippen LogP contribution in [0, 0.1) is 0 Å². The van der Waals surface area contributed by atoms with Crippen LogP contribution in [0.25, 0.3) is 0 Å². The topological polar surface area (TPSA) is 116 Å². The second-order valence-electron chi connectivity index (χ2n) is 7.22. The summed E-state index contributed by atoms with van der Waals surface area (Å²) < 4.78 is 30.4. The van der Waals surface area contributed by atoms with Gasteiger partial charge in [-0.3, -0.25) is 14.5 Å². The minimum absolute atomic E-state index is 0.0712. The van der Waals surface area contributed by atoms with Crippen molar-refractivity contribution in [1.82, 2.24) is 9.62 Å². The molecule has 1 aliphatic rings. The number of benzene rings is 2. The molecule has 0 bridgehead atoms. The Morgan fingerprint density at radius 3 is 2.66 bits per heavy atom. The van der Waals surface area contributed by atoms with E-state index < -0.39 is 15.9 Å². The Morgan fingerprint density at radius 1 is 1.22 bits per heavy atom. The number of rotatable bonds is 8. The predicted molar refractivity (Wildman–Crippen MR) is 120 cm³/mol. The summed E-state index contributed by atoms with van der Waals surface area (Å²) >= 11 is 6.32. The molecular weight excluding hydrogens is 458 g/mol. The molecule has 1 heterocycles. The fourth-order valence-corrected chi connectivity index (χ4v) is 4.05. The Balaban J connectivity index is 1.86. The highest BCUT2D eigenvalue weighted by atomic mass is 35.5. The molecule has 0 unspecified atom stereocenters. The number of sulfonamides is 1. The van der Waals surface area contributed by atoms with Crippen LogP contribution in [-0.2, 0) is 21.4 Å². The number of halogens is 1. The van der Waals surface area contributed by atoms with E-state index in [1.54, 1.807) is 18.2 Å². The van der Waals surface area contributed by atoms with E-state index in [-0.39, 0.29) is 55.9 Å². The fraction of sp³-hybridized carbons (Fsp3) is 0.333. The molecule has 2 amide bonds. The van der Waals surface area contributed by atoms with Crippen molar-refractivity contribution in [1.29, 1.82) is 0 Å². The Kier molecular flexibility index (Phi) is 7.73. The molecule has 2 aromatic rings. The maximum absolute atomic E-state index is 13.4. The molecule has 0 fully saturated rings. The van der Waals surface area contributed by atoms with Crippen molar-refractivity contribution in [2.24, 2.45) is 0 Å². The minimum Gasteiger partial charge on any atom is -0.491 e. The molecule has 1 aliphatic heterocycles. The van der Waals surface area contributed by atoms with E-state index in [9.17, 15) is 18.0 Å². The van der Waals surface area contributed by atoms with Crippen LogP contribution in [0.15, 0.2) is 42.5 Å². The van der Waals surface area contributed by atoms with Gasteiger partial charge in [-0.2, -0.15) is 0 Å². The van der Waals surface area contributed by atoms with Gasteiger partial charge in [-0.25, -0.2) is 13.1 Å². The maximum Gasteiger partial charge on any atom is 0.260 e. The average Bonchev–Trinajstić information content (AvgIpc) is 2.88. The predicted octanol–water partition coefficient (Wildman–Crippen LogP) is 1.25. The largest absolute Gasteiger partial charge is 0.491 e. The first-order valence-electron chi connectivity index (χ1n) is 9.85. The molecule has 9 nitrogen and oxygen atoms in total. The monoisotopic (exact) mass is 481 g/mol. The average molecular weight is 482 g/mol. The Morgan fingerprint density at radius 2 is 1.97 bits per heavy atom. The molecule has 0 atom stereocenters. The lowest BCUT2D eigenvalue weighted by molar-refractivity contribution is -0.129. The van der Waals surface area contributed by atoms with Gasteiger partial charge in [0.15, 0.2) is 0 Å². The van der Waals surface area contributed by atoms with E-state index >= 15 is 0 Å². The zero-order chi connectivity index (χ0) is 23.3. The number of aliphatic hydroxyl groups is 1. The fourth-order valence-electron chi connectivity index (χ4n) is 3.34. The van der Waals surface area contributed by atoms with Crippen LogP contribution < -0.4 is 14.4 Å². The molecule has 0 aromatic heterocycles. The van der Waals surface area contributed by atoms with Crippen molar-refractivity contribution in [2.75, 3.05) is 44.0 Å². The number of hydrogen-bond acceptors (Lipinski definition) is 6. The standard InChI is InChI=1S/C21H24ClN3O6S/c1-32(29,30)23-8-9-24-13-15-4-2-3-5-19(15)25(14-20(24)27)21(28)17-7-6-16(12-18(17)22)31-11-10-26/h2-7,12,23,26H,8-11,13-14H2,1H3. The third kappa shape index (κ3) is 5.98. The SMILES string of the molecule is CS(=O)(=O)NCCN1Cc2ccccc2N(C(=O)c2ccc(OCCO)cc2Cl)CC1=O. The molecule has 3 rings (SSSR count). The third-order valence-electron chi connectivity index (χ3n) is 4.81. The first-order valence-corrected chi connectivity index (χ1v) is 12.1. The van der Waals surface area contributed by atoms with E-state index in [0.29, 0.717) is 11.4 Å². The molecule has 2 aromatic carbocycles. The second-order valence-corrected chi connectivity index (χ2v) is 9.46. The number of para-hydroxylation sites is 1. The lowest BCUT2D eigenvalue weighted by atomic mass is 10.1. The van der Waals surface area contributed by atoms with Gasteiger partial charge in [0.25, 0.3) is 5.91 Å². The number of fused-ring (bicyclic) bond motifs is 1. The van der Waals surface area contributed by atoms with E-state index in [1.807, 2.05) is 12.1 Å². The summed E-state index contributed by atoms with van der Waals surface area (Å²) in [5.74, 6) is -0.345. The second kappa shape index (κ2) is 10.3. The highest BCUT2D eigenvalue weighted by molar-refractivity contribution is 7.88. The molecule has 172 valence electrons. The number of hydrogen-bond donors (Lipinski definition) is 2. The summed E-state index contributed by atoms with van der Waals surface area (Å²) in [5.41, 5.74) is 1.55. The number of ether oxygens (including phenoxy) is 1. The van der Waals surface area contributed by atoms with Gasteiger partial charge in [0.1, 0.15) is 18.9 Å². The van der Waals surface area contributed by atoms with Crippen LogP contribution in [0.4, 0.5) is 5.69 Å². The third-order valence-corrected chi connectivity index (χ3v) is 5.85. The minimum atomic E-state index is -3.38. The van der Waals surface area contributed by atoms with Gasteiger partial charge in [0.05, 0.1) is 23.4 Å². The van der Waals surface area contributed by atoms with Gasteiger partial charge in [0.2, 0.25) is 15.9 Å². The van der Waals surface area contributed by atoms with Crippen molar-refractivity contribution in [3.8, 4) is 5.75 Å². The van der Waals surface area contributed by atoms with Gasteiger partial charge < -0.3 is 14.7 Å². The van der Waals surface area contributed by atoms with Crippen molar-refractivity contribution in [3.05, 3.63) is 58.6 Å². The van der Waals surface area contributed by atoms with E-state index in [4.69, 9.17) is 21.4 Å². The van der Waals surface area contributed by atoms with E-state index in [1.165, 1.54) is 21.9 Å². The number of carbonyl (C=O) groups is 2. The normalized spacial score (nSPS) is 14.2. The number of nitrogens with one attached hydrogen (secondary N) is 1. The number of amides is 2. The first-order chi connectivity index (χ1) is 15.2. The lowest BCUT2D eigenvalue weighted by Crippen LogP contribution is -2.42. The summed E-state index contributed by atoms with van der Waals surface area (Å²) in [6.07, 6.45) is 1.05. The summed E-state index contributed by atoms with van der Waals surface area (Å²) in [4.78, 5) is 29.2. The molecule has 0 aliphatic carbocycles. The quantitative estimate of drug-likeness (QED) is 0.586. The zero-order valence-electron chi connectivity index (χ0n) is 17.5. The number of carbonyl (C=O) groups excluding carboxylic acids is 2. The van der Waals surface area contributed by atoms with Gasteiger partial charge in [0, 0.05) is 25.3 Å². The number of nitrogens with zero attached hydrogens (tertiary/aromatic N) is 2. The summed E-state index contributed by atoms with van der Waals surface area (Å²) in [6.45, 7) is 0.213. The smallest absolute Gasteiger partial charge is 0.260 e. The maximum atomic E-state index is 13.4. The number of aliphatic hydroxyl groups excluding tert-OH is 1. The van der Waals surface area contributed by atoms with Crippen molar-refractivity contribution in [2.45, 2.75) is 6.54 Å². The Bertz CT molecular complexity index is 1110. The molecule has 32 heavy (non-hydrogen) atoms. The zero-order valence-corrected chi connectivity index (χ0v) is 19.0. The molecule has 0 saturated carbocycles. The van der Waals surface area contributed by atoms with Gasteiger partial charge in [-0.1, -0.05) is 29.8 Å². The molecule has 2 N–H and O–H groups in total. The highest BCUT2D eigenvalue weighted by Crippen LogP contribution is 2.30. The van der Waals surface area contributed by atoms with Crippen LogP contribution in [0.3, 0.4) is 0 Å². The first kappa shape index (κ1) is 24.0. The molecule has 0 radical (unpaired) electrons. The van der Waals surface area contributed by atoms with E-state index in [2.05, 4.69) is 4.72 Å².